The number of anilines is 1. The smallest absolute Gasteiger partial charge is 0.233 e. The van der Waals surface area contributed by atoms with Crippen molar-refractivity contribution < 1.29 is 4.79 Å². The van der Waals surface area contributed by atoms with E-state index in [0.29, 0.717) is 18.2 Å². The van der Waals surface area contributed by atoms with Crippen LogP contribution < -0.4 is 5.73 Å². The molecular formula is C10H13N7OS. The number of nitrogens with zero attached hydrogens (tertiary/aromatic N) is 5. The van der Waals surface area contributed by atoms with Gasteiger partial charge in [0.15, 0.2) is 0 Å². The molecule has 0 atom stereocenters. The molecule has 0 aliphatic rings. The standard InChI is InChI=1S/C10H13N7OS/c11-3-1-5-17(6-2-4-12)8(18)7-19-10-14-9(13)15-16-10/h1-2,5-7H2,(H3,13,14,15,16). The molecule has 0 saturated heterocycles. The summed E-state index contributed by atoms with van der Waals surface area (Å²) in [6.45, 7) is 0.654. The van der Waals surface area contributed by atoms with Crippen molar-refractivity contribution in [2.45, 2.75) is 18.0 Å². The van der Waals surface area contributed by atoms with Crippen molar-refractivity contribution in [1.29, 1.82) is 10.5 Å². The van der Waals surface area contributed by atoms with Crippen molar-refractivity contribution in [1.82, 2.24) is 20.1 Å². The van der Waals surface area contributed by atoms with Crippen molar-refractivity contribution in [2.75, 3.05) is 24.6 Å². The van der Waals surface area contributed by atoms with Crippen LogP contribution in [0.3, 0.4) is 0 Å². The lowest BCUT2D eigenvalue weighted by atomic mass is 10.3. The van der Waals surface area contributed by atoms with E-state index in [9.17, 15) is 4.79 Å². The van der Waals surface area contributed by atoms with Gasteiger partial charge in [0.2, 0.25) is 17.0 Å². The average Bonchev–Trinajstić information content (AvgIpc) is 2.82. The highest BCUT2D eigenvalue weighted by atomic mass is 32.2. The molecule has 0 radical (unpaired) electrons. The summed E-state index contributed by atoms with van der Waals surface area (Å²) in [6.07, 6.45) is 0.491. The number of H-pyrrole nitrogens is 1. The minimum absolute atomic E-state index is 0.147. The van der Waals surface area contributed by atoms with Gasteiger partial charge in [0.05, 0.1) is 30.7 Å². The molecule has 1 rings (SSSR count). The van der Waals surface area contributed by atoms with E-state index in [1.807, 2.05) is 12.1 Å². The Kier molecular flexibility index (Phi) is 6.19. The Hall–Kier alpha value is -2.26. The summed E-state index contributed by atoms with van der Waals surface area (Å²) in [7, 11) is 0. The molecule has 0 aliphatic heterocycles. The number of nitrogen functional groups attached to an aromatic ring is 1. The lowest BCUT2D eigenvalue weighted by Gasteiger charge is -2.19. The minimum atomic E-state index is -0.154. The number of thioether (sulfide) groups is 1. The predicted octanol–water partition coefficient (Wildman–Crippen LogP) is 0.135. The molecule has 0 aliphatic carbocycles. The Bertz CT molecular complexity index is 483. The van der Waals surface area contributed by atoms with Crippen LogP contribution >= 0.6 is 11.8 Å². The number of carbonyl (C=O) groups excluding carboxylic acids is 1. The van der Waals surface area contributed by atoms with Crippen molar-refractivity contribution in [2.24, 2.45) is 0 Å². The lowest BCUT2D eigenvalue weighted by Crippen LogP contribution is -2.34. The molecule has 0 saturated carbocycles. The second kappa shape index (κ2) is 7.95. The number of aromatic amines is 1. The van der Waals surface area contributed by atoms with E-state index in [-0.39, 0.29) is 30.5 Å². The number of amides is 1. The van der Waals surface area contributed by atoms with Crippen LogP contribution in [0.2, 0.25) is 0 Å². The molecule has 0 spiro atoms. The van der Waals surface area contributed by atoms with Crippen LogP contribution in [0.1, 0.15) is 12.8 Å². The van der Waals surface area contributed by atoms with Gasteiger partial charge in [-0.25, -0.2) is 5.10 Å². The van der Waals surface area contributed by atoms with Crippen LogP contribution in [0, 0.1) is 22.7 Å². The fourth-order valence-electron chi connectivity index (χ4n) is 1.27. The normalized spacial score (nSPS) is 9.58. The summed E-state index contributed by atoms with van der Waals surface area (Å²) in [6, 6.07) is 3.95. The van der Waals surface area contributed by atoms with Gasteiger partial charge in [-0.05, 0) is 0 Å². The summed E-state index contributed by atoms with van der Waals surface area (Å²) in [5.41, 5.74) is 5.37. The Morgan fingerprint density at radius 2 is 2.00 bits per heavy atom. The molecule has 1 heterocycles. The summed E-state index contributed by atoms with van der Waals surface area (Å²) in [5, 5.41) is 23.7. The number of aromatic nitrogens is 3. The molecular weight excluding hydrogens is 266 g/mol. The maximum atomic E-state index is 11.9. The van der Waals surface area contributed by atoms with Crippen molar-refractivity contribution in [3.8, 4) is 12.1 Å². The van der Waals surface area contributed by atoms with Crippen LogP contribution in [-0.2, 0) is 4.79 Å². The summed E-state index contributed by atoms with van der Waals surface area (Å²) in [5.74, 6) is 0.188. The van der Waals surface area contributed by atoms with Gasteiger partial charge >= 0.3 is 0 Å². The third-order valence-electron chi connectivity index (χ3n) is 2.15. The summed E-state index contributed by atoms with van der Waals surface area (Å²) < 4.78 is 0. The number of nitriles is 2. The van der Waals surface area contributed by atoms with Gasteiger partial charge in [0, 0.05) is 13.1 Å². The second-order valence-electron chi connectivity index (χ2n) is 3.49. The molecule has 1 aromatic heterocycles. The molecule has 0 bridgehead atoms. The zero-order valence-corrected chi connectivity index (χ0v) is 11.0. The summed E-state index contributed by atoms with van der Waals surface area (Å²) in [4.78, 5) is 17.3. The molecule has 0 fully saturated rings. The Labute approximate surface area is 114 Å². The van der Waals surface area contributed by atoms with E-state index in [2.05, 4.69) is 15.2 Å². The number of nitrogens with two attached hydrogens (primary N) is 1. The highest BCUT2D eigenvalue weighted by Gasteiger charge is 2.14. The van der Waals surface area contributed by atoms with Crippen molar-refractivity contribution >= 4 is 23.6 Å². The Morgan fingerprint density at radius 3 is 2.47 bits per heavy atom. The first kappa shape index (κ1) is 14.8. The second-order valence-corrected chi connectivity index (χ2v) is 4.43. The highest BCUT2D eigenvalue weighted by molar-refractivity contribution is 7.99. The Balaban J connectivity index is 2.46. The van der Waals surface area contributed by atoms with E-state index in [0.717, 1.165) is 11.8 Å². The fraction of sp³-hybridized carbons (Fsp3) is 0.500. The molecule has 3 N–H and O–H groups in total. The molecule has 0 aromatic carbocycles. The maximum Gasteiger partial charge on any atom is 0.233 e. The number of rotatable bonds is 7. The van der Waals surface area contributed by atoms with E-state index in [4.69, 9.17) is 16.3 Å². The Morgan fingerprint density at radius 1 is 1.37 bits per heavy atom. The number of carbonyl (C=O) groups is 1. The van der Waals surface area contributed by atoms with Gasteiger partial charge in [0.25, 0.3) is 0 Å². The molecule has 0 unspecified atom stereocenters. The SMILES string of the molecule is N#CCCN(CCC#N)C(=O)CSc1n[nH]c(N)n1. The van der Waals surface area contributed by atoms with Gasteiger partial charge in [0.1, 0.15) is 0 Å². The number of hydrogen-bond acceptors (Lipinski definition) is 7. The van der Waals surface area contributed by atoms with Crippen LogP contribution in [-0.4, -0.2) is 44.8 Å². The van der Waals surface area contributed by atoms with Gasteiger partial charge in [-0.3, -0.25) is 4.79 Å². The van der Waals surface area contributed by atoms with E-state index < -0.39 is 0 Å². The van der Waals surface area contributed by atoms with E-state index in [1.165, 1.54) is 4.90 Å². The molecule has 1 aromatic rings. The molecule has 1 amide bonds. The lowest BCUT2D eigenvalue weighted by molar-refractivity contribution is -0.128. The van der Waals surface area contributed by atoms with Gasteiger partial charge in [-0.1, -0.05) is 11.8 Å². The third-order valence-corrected chi connectivity index (χ3v) is 2.98. The zero-order valence-electron chi connectivity index (χ0n) is 10.2. The van der Waals surface area contributed by atoms with Gasteiger partial charge < -0.3 is 10.6 Å². The maximum absolute atomic E-state index is 11.9. The monoisotopic (exact) mass is 279 g/mol. The van der Waals surface area contributed by atoms with Crippen LogP contribution in [0.5, 0.6) is 0 Å². The zero-order chi connectivity index (χ0) is 14.1. The quantitative estimate of drug-likeness (QED) is 0.677. The third kappa shape index (κ3) is 5.27. The fourth-order valence-corrected chi connectivity index (χ4v) is 1.98. The largest absolute Gasteiger partial charge is 0.368 e. The first-order valence-corrected chi connectivity index (χ1v) is 6.48. The van der Waals surface area contributed by atoms with Crippen LogP contribution in [0.25, 0.3) is 0 Å². The predicted molar refractivity (Wildman–Crippen MR) is 68.6 cm³/mol. The number of nitrogens with one attached hydrogen (secondary N) is 1. The van der Waals surface area contributed by atoms with Crippen LogP contribution in [0.4, 0.5) is 5.95 Å². The van der Waals surface area contributed by atoms with Gasteiger partial charge in [-0.15, -0.1) is 5.10 Å². The van der Waals surface area contributed by atoms with Crippen molar-refractivity contribution in [3.05, 3.63) is 0 Å². The van der Waals surface area contributed by atoms with E-state index in [1.54, 1.807) is 0 Å². The first-order chi connectivity index (χ1) is 9.17. The topological polar surface area (TPSA) is 135 Å². The number of hydrogen-bond donors (Lipinski definition) is 2. The van der Waals surface area contributed by atoms with Gasteiger partial charge in [-0.2, -0.15) is 15.5 Å². The molecule has 19 heavy (non-hydrogen) atoms. The summed E-state index contributed by atoms with van der Waals surface area (Å²) >= 11 is 1.15. The van der Waals surface area contributed by atoms with E-state index >= 15 is 0 Å². The average molecular weight is 279 g/mol. The van der Waals surface area contributed by atoms with Crippen molar-refractivity contribution in [3.63, 3.8) is 0 Å². The highest BCUT2D eigenvalue weighted by Crippen LogP contribution is 2.13. The molecule has 8 nitrogen and oxygen atoms in total. The molecule has 100 valence electrons. The minimum Gasteiger partial charge on any atom is -0.368 e. The first-order valence-electron chi connectivity index (χ1n) is 5.49. The molecule has 9 heteroatoms. The van der Waals surface area contributed by atoms with Crippen LogP contribution in [0.15, 0.2) is 5.16 Å².